The minimum absolute atomic E-state index is 0.0322. The summed E-state index contributed by atoms with van der Waals surface area (Å²) < 4.78 is 23.6. The molecule has 2 amide bonds. The first kappa shape index (κ1) is 111. The van der Waals surface area contributed by atoms with Gasteiger partial charge in [0.2, 0.25) is 11.8 Å². The first-order valence-corrected chi connectivity index (χ1v) is 50.0. The van der Waals surface area contributed by atoms with E-state index in [-0.39, 0.29) is 61.0 Å². The Morgan fingerprint density at radius 1 is 0.261 bits per heavy atom. The van der Waals surface area contributed by atoms with Gasteiger partial charge in [-0.25, -0.2) is 0 Å². The lowest BCUT2D eigenvalue weighted by molar-refractivity contribution is -0.151. The Balaban J connectivity index is 5.91. The van der Waals surface area contributed by atoms with Crippen molar-refractivity contribution in [2.24, 2.45) is 0 Å². The largest absolute Gasteiger partial charge is 0.466 e. The highest BCUT2D eigenvalue weighted by atomic mass is 32.1. The third kappa shape index (κ3) is 81.2. The van der Waals surface area contributed by atoms with Crippen LogP contribution in [0.2, 0.25) is 0 Å². The molecule has 0 aliphatic carbocycles. The maximum Gasteiger partial charge on any atom is 0.306 e. The topological polar surface area (TPSA) is 188 Å². The Kier molecular flexibility index (Phi) is 85.4. The number of rotatable bonds is 91. The molecule has 0 spiro atoms. The number of amides is 2. The highest BCUT2D eigenvalue weighted by Crippen LogP contribution is 2.22. The van der Waals surface area contributed by atoms with Crippen LogP contribution in [0.1, 0.15) is 465 Å². The molecule has 18 heteroatoms. The fourth-order valence-corrected chi connectivity index (χ4v) is 15.5. The third-order valence-corrected chi connectivity index (χ3v) is 23.4. The van der Waals surface area contributed by atoms with E-state index in [4.69, 9.17) is 31.2 Å². The highest BCUT2D eigenvalue weighted by Gasteiger charge is 2.20. The zero-order valence-electron chi connectivity index (χ0n) is 77.0. The van der Waals surface area contributed by atoms with Gasteiger partial charge in [0.25, 0.3) is 0 Å². The molecular formula is C97H189N7O10S. The monoisotopic (exact) mass is 1640 g/mol. The number of nitrogens with one attached hydrogen (secondary N) is 3. The van der Waals surface area contributed by atoms with E-state index in [0.717, 1.165) is 206 Å². The van der Waals surface area contributed by atoms with Crippen LogP contribution in [0.4, 0.5) is 0 Å². The number of hydrogen-bond acceptors (Lipinski definition) is 14. The molecule has 0 radical (unpaired) electrons. The van der Waals surface area contributed by atoms with Crippen LogP contribution in [0.25, 0.3) is 0 Å². The number of ether oxygens (including phenoxy) is 4. The minimum Gasteiger partial charge on any atom is -0.466 e. The smallest absolute Gasteiger partial charge is 0.306 e. The second-order valence-corrected chi connectivity index (χ2v) is 34.8. The van der Waals surface area contributed by atoms with E-state index < -0.39 is 0 Å². The number of carbonyl (C=O) groups excluding carboxylic acids is 6. The highest BCUT2D eigenvalue weighted by molar-refractivity contribution is 7.80. The molecule has 3 N–H and O–H groups in total. The van der Waals surface area contributed by atoms with Crippen LogP contribution >= 0.6 is 12.2 Å². The van der Waals surface area contributed by atoms with Crippen LogP contribution in [-0.2, 0) is 47.7 Å². The van der Waals surface area contributed by atoms with Crippen molar-refractivity contribution in [1.82, 2.24) is 35.6 Å². The Labute approximate surface area is 715 Å². The summed E-state index contributed by atoms with van der Waals surface area (Å²) in [6.07, 6.45) is 72.5. The second-order valence-electron chi connectivity index (χ2n) is 34.4. The van der Waals surface area contributed by atoms with Gasteiger partial charge in [-0.15, -0.1) is 0 Å². The van der Waals surface area contributed by atoms with Gasteiger partial charge in [-0.3, -0.25) is 33.7 Å². The first-order valence-electron chi connectivity index (χ1n) is 49.6. The maximum absolute atomic E-state index is 13.9. The number of esters is 4. The van der Waals surface area contributed by atoms with E-state index in [0.29, 0.717) is 89.7 Å². The van der Waals surface area contributed by atoms with Crippen molar-refractivity contribution in [2.45, 2.75) is 478 Å². The Hall–Kier alpha value is -3.61. The Morgan fingerprint density at radius 2 is 0.504 bits per heavy atom. The minimum atomic E-state index is -0.117. The molecule has 17 nitrogen and oxygen atoms in total. The van der Waals surface area contributed by atoms with Gasteiger partial charge in [-0.05, 0) is 160 Å². The molecule has 0 fully saturated rings. The van der Waals surface area contributed by atoms with E-state index in [9.17, 15) is 28.8 Å². The van der Waals surface area contributed by atoms with Crippen molar-refractivity contribution in [3.63, 3.8) is 0 Å². The van der Waals surface area contributed by atoms with Crippen molar-refractivity contribution in [3.05, 3.63) is 0 Å². The predicted molar refractivity (Wildman–Crippen MR) is 490 cm³/mol. The van der Waals surface area contributed by atoms with Gasteiger partial charge in [0, 0.05) is 79.0 Å². The average Bonchev–Trinajstić information content (AvgIpc) is 0.944. The number of hydrogen-bond donors (Lipinski definition) is 3. The lowest BCUT2D eigenvalue weighted by Gasteiger charge is -2.25. The molecule has 678 valence electrons. The molecule has 0 unspecified atom stereocenters. The third-order valence-electron chi connectivity index (χ3n) is 22.9. The summed E-state index contributed by atoms with van der Waals surface area (Å²) in [7, 11) is 3.82. The fraction of sp³-hybridized carbons (Fsp3) is 0.928. The van der Waals surface area contributed by atoms with Gasteiger partial charge >= 0.3 is 23.9 Å². The molecule has 0 aliphatic rings. The van der Waals surface area contributed by atoms with Crippen LogP contribution in [0, 0.1) is 0 Å². The summed E-state index contributed by atoms with van der Waals surface area (Å²) in [6, 6.07) is 0. The zero-order valence-corrected chi connectivity index (χ0v) is 77.8. The van der Waals surface area contributed by atoms with Crippen molar-refractivity contribution < 1.29 is 47.7 Å². The lowest BCUT2D eigenvalue weighted by Crippen LogP contribution is -2.46. The van der Waals surface area contributed by atoms with Crippen LogP contribution in [0.3, 0.4) is 0 Å². The Bertz CT molecular complexity index is 2140. The van der Waals surface area contributed by atoms with Gasteiger partial charge in [-0.2, -0.15) is 0 Å². The number of carbonyl (C=O) groups is 6. The normalized spacial score (nSPS) is 11.6. The van der Waals surface area contributed by atoms with E-state index >= 15 is 0 Å². The second kappa shape index (κ2) is 88.2. The molecule has 0 aromatic rings. The van der Waals surface area contributed by atoms with Crippen LogP contribution in [0.5, 0.6) is 0 Å². The van der Waals surface area contributed by atoms with Crippen LogP contribution in [-0.4, -0.2) is 178 Å². The van der Waals surface area contributed by atoms with Gasteiger partial charge in [0.05, 0.1) is 26.3 Å². The van der Waals surface area contributed by atoms with E-state index in [1.807, 2.05) is 23.9 Å². The number of nitrogens with zero attached hydrogens (tertiary/aromatic N) is 4. The lowest BCUT2D eigenvalue weighted by atomic mass is 10.0. The van der Waals surface area contributed by atoms with Crippen molar-refractivity contribution in [2.75, 3.05) is 106 Å². The van der Waals surface area contributed by atoms with Gasteiger partial charge in [0.1, 0.15) is 12.2 Å². The van der Waals surface area contributed by atoms with E-state index in [1.165, 1.54) is 212 Å². The summed E-state index contributed by atoms with van der Waals surface area (Å²) in [6.45, 7) is 21.8. The molecule has 0 rings (SSSR count). The molecule has 0 atom stereocenters. The quantitative estimate of drug-likeness (QED) is 0.0226. The zero-order chi connectivity index (χ0) is 84.0. The molecule has 0 aliphatic heterocycles. The van der Waals surface area contributed by atoms with Crippen LogP contribution < -0.4 is 16.0 Å². The molecule has 115 heavy (non-hydrogen) atoms. The summed E-state index contributed by atoms with van der Waals surface area (Å²) in [5, 5.41) is 10.4. The first-order chi connectivity index (χ1) is 56.2. The van der Waals surface area contributed by atoms with Gasteiger partial charge in [0.15, 0.2) is 5.11 Å². The molecular weight excluding hydrogens is 1460 g/mol. The number of unbranched alkanes of at least 4 members (excludes halogenated alkanes) is 47. The van der Waals surface area contributed by atoms with Crippen molar-refractivity contribution in [1.29, 1.82) is 0 Å². The number of thiocarbonyl (C=S) groups is 1. The molecule has 0 bridgehead atoms. The van der Waals surface area contributed by atoms with Crippen LogP contribution in [0.15, 0.2) is 0 Å². The molecule has 0 saturated carbocycles. The van der Waals surface area contributed by atoms with Crippen molar-refractivity contribution >= 4 is 53.0 Å². The Morgan fingerprint density at radius 3 is 0.800 bits per heavy atom. The molecule has 0 aromatic heterocycles. The molecule has 0 heterocycles. The summed E-state index contributed by atoms with van der Waals surface area (Å²) in [4.78, 5) is 88.4. The van der Waals surface area contributed by atoms with E-state index in [1.54, 1.807) is 0 Å². The van der Waals surface area contributed by atoms with Gasteiger partial charge in [-0.1, -0.05) is 318 Å². The molecule has 0 aromatic carbocycles. The van der Waals surface area contributed by atoms with Crippen molar-refractivity contribution in [3.8, 4) is 0 Å². The molecule has 0 saturated heterocycles. The average molecular weight is 1650 g/mol. The summed E-state index contributed by atoms with van der Waals surface area (Å²) >= 11 is 5.52. The SMILES string of the molecule is CCCCCCCCCCCOC(=O)CCCCCN(CCCCCCCC(=O)OC(CCCCCCCC)CCCCCCCC)CCNC(=O)CN(CCCNC(=S)N(C)C)CC(=O)NCCN(CCCCCCCC(=O)OC(CCCCCCCC)CCCCCCCC)CCCCCC(=O)OCCCCCCCCCC. The van der Waals surface area contributed by atoms with Gasteiger partial charge < -0.3 is 49.6 Å². The predicted octanol–water partition coefficient (Wildman–Crippen LogP) is 24.3. The van der Waals surface area contributed by atoms with E-state index in [2.05, 4.69) is 67.3 Å². The summed E-state index contributed by atoms with van der Waals surface area (Å²) in [5.74, 6) is -0.493. The standard InChI is InChI=1S/C97H189N7O10S/c1-9-15-21-27-33-35-37-49-65-86-112-94(108)72-59-51-63-81-103(79-61-47-39-45-57-74-96(110)114-90(69-54-42-31-25-19-13-5)70-55-43-32-26-20-14-6)84-77-99-92(106)88-104(82-66-75-100-97(115)101(7)8)87-91(105)98-76-83-102(80-62-50-58-71-93(107)111-85-64-48-36-34-28-22-16-10-2)78-60-46-38-44-56-73-95(109)113-89(67-52-40-29-23-17-11-3)68-53-41-30-24-18-12-4/h89-90H,9-88H2,1-8H3,(H,98,105)(H,99,106)(H,100,115). The maximum atomic E-state index is 13.9. The summed E-state index contributed by atoms with van der Waals surface area (Å²) in [5.41, 5.74) is 0. The fourth-order valence-electron chi connectivity index (χ4n) is 15.4.